The first-order valence-electron chi connectivity index (χ1n) is 12.6. The summed E-state index contributed by atoms with van der Waals surface area (Å²) in [7, 11) is -4.60. The number of nitrogens with zero attached hydrogens (tertiary/aromatic N) is 1. The highest BCUT2D eigenvalue weighted by atomic mass is 32.2. The van der Waals surface area contributed by atoms with Crippen LogP contribution in [0.2, 0.25) is 0 Å². The van der Waals surface area contributed by atoms with Crippen LogP contribution >= 0.6 is 0 Å². The lowest BCUT2D eigenvalue weighted by molar-refractivity contribution is -0.348. The molecule has 1 aliphatic heterocycles. The number of sulfone groups is 1. The van der Waals surface area contributed by atoms with E-state index in [1.165, 1.54) is 4.90 Å². The van der Waals surface area contributed by atoms with E-state index < -0.39 is 72.3 Å². The minimum absolute atomic E-state index is 0.186. The Labute approximate surface area is 231 Å². The lowest BCUT2D eigenvalue weighted by Gasteiger charge is -2.44. The van der Waals surface area contributed by atoms with Gasteiger partial charge in [-0.15, -0.1) is 0 Å². The number of fused-ring (bicyclic) bond motifs is 3. The quantitative estimate of drug-likeness (QED) is 0.353. The summed E-state index contributed by atoms with van der Waals surface area (Å²) in [4.78, 5) is 14.1. The number of likely N-dealkylation sites (tertiary alicyclic amines) is 1. The van der Waals surface area contributed by atoms with Gasteiger partial charge in [-0.1, -0.05) is 39.0 Å². The summed E-state index contributed by atoms with van der Waals surface area (Å²) in [5.74, 6) is -1.56. The molecule has 1 aliphatic carbocycles. The summed E-state index contributed by atoms with van der Waals surface area (Å²) < 4.78 is 136. The summed E-state index contributed by atoms with van der Waals surface area (Å²) in [6.45, 7) is 4.53. The normalized spacial score (nSPS) is 22.7. The van der Waals surface area contributed by atoms with Gasteiger partial charge in [-0.2, -0.15) is 26.3 Å². The number of amides is 1. The molecule has 4 rings (SSSR count). The molecular formula is C27H27F8NO4S. The van der Waals surface area contributed by atoms with Gasteiger partial charge in [-0.05, 0) is 60.1 Å². The Morgan fingerprint density at radius 3 is 2.05 bits per heavy atom. The fourth-order valence-electron chi connectivity index (χ4n) is 5.85. The van der Waals surface area contributed by atoms with Crippen LogP contribution in [-0.2, 0) is 31.5 Å². The SMILES string of the molecule is CC(C)(C)[C@@H](O)C(=O)N1CC[C@@]2(S(=O)(=O)c3ccc(F)cc3)c3ccc(C(F)(C(F)(F)F)C(F)(F)F)cc3CC[C@@H]12. The van der Waals surface area contributed by atoms with E-state index in [1.54, 1.807) is 20.8 Å². The zero-order valence-corrected chi connectivity index (χ0v) is 22.9. The number of hydrogen-bond donors (Lipinski definition) is 1. The van der Waals surface area contributed by atoms with Crippen molar-refractivity contribution in [1.82, 2.24) is 4.90 Å². The molecule has 1 N–H and O–H groups in total. The number of carbonyl (C=O) groups excluding carboxylic acids is 1. The smallest absolute Gasteiger partial charge is 0.383 e. The van der Waals surface area contributed by atoms with Crippen molar-refractivity contribution >= 4 is 15.7 Å². The van der Waals surface area contributed by atoms with Crippen LogP contribution in [0.4, 0.5) is 35.1 Å². The Kier molecular flexibility index (Phi) is 7.34. The maximum Gasteiger partial charge on any atom is 0.435 e. The Bertz CT molecular complexity index is 1430. The van der Waals surface area contributed by atoms with E-state index in [0.29, 0.717) is 6.07 Å². The zero-order chi connectivity index (χ0) is 31.0. The maximum atomic E-state index is 14.9. The van der Waals surface area contributed by atoms with Gasteiger partial charge in [0.15, 0.2) is 9.84 Å². The van der Waals surface area contributed by atoms with Crippen LogP contribution in [0.1, 0.15) is 50.3 Å². The number of carbonyl (C=O) groups is 1. The van der Waals surface area contributed by atoms with Crippen LogP contribution in [0.5, 0.6) is 0 Å². The average molecular weight is 614 g/mol. The lowest BCUT2D eigenvalue weighted by Crippen LogP contribution is -2.55. The van der Waals surface area contributed by atoms with Gasteiger partial charge in [0.2, 0.25) is 0 Å². The summed E-state index contributed by atoms with van der Waals surface area (Å²) in [6, 6.07) is 3.87. The van der Waals surface area contributed by atoms with E-state index in [2.05, 4.69) is 0 Å². The highest BCUT2D eigenvalue weighted by Gasteiger charge is 2.74. The summed E-state index contributed by atoms with van der Waals surface area (Å²) in [6.07, 6.45) is -15.1. The first-order chi connectivity index (χ1) is 18.6. The highest BCUT2D eigenvalue weighted by molar-refractivity contribution is 7.92. The average Bonchev–Trinajstić information content (AvgIpc) is 3.27. The molecule has 5 nitrogen and oxygen atoms in total. The fourth-order valence-corrected chi connectivity index (χ4v) is 8.21. The standard InChI is InChI=1S/C27H27F8NO4S/c1-23(2,3)21(37)22(38)36-13-12-24(41(39,40)18-8-6-17(28)7-9-18)19-10-5-16(14-15(19)4-11-20(24)36)25(29,26(30,31)32)27(33,34)35/h5-10,14,20-21,37H,4,11-13H2,1-3H3/t20-,21+,24-/m1/s1. The topological polar surface area (TPSA) is 74.7 Å². The highest BCUT2D eigenvalue weighted by Crippen LogP contribution is 2.56. The minimum Gasteiger partial charge on any atom is -0.383 e. The Balaban J connectivity index is 1.95. The van der Waals surface area contributed by atoms with Crippen molar-refractivity contribution in [3.63, 3.8) is 0 Å². The van der Waals surface area contributed by atoms with Crippen molar-refractivity contribution in [3.05, 3.63) is 65.0 Å². The van der Waals surface area contributed by atoms with E-state index in [-0.39, 0.29) is 43.0 Å². The van der Waals surface area contributed by atoms with Gasteiger partial charge in [0.1, 0.15) is 16.7 Å². The molecule has 1 heterocycles. The third-order valence-corrected chi connectivity index (χ3v) is 10.6. The lowest BCUT2D eigenvalue weighted by atomic mass is 9.76. The van der Waals surface area contributed by atoms with Crippen molar-refractivity contribution in [2.24, 2.45) is 5.41 Å². The van der Waals surface area contributed by atoms with Crippen molar-refractivity contribution in [3.8, 4) is 0 Å². The fraction of sp³-hybridized carbons (Fsp3) is 0.519. The van der Waals surface area contributed by atoms with E-state index in [9.17, 15) is 53.4 Å². The van der Waals surface area contributed by atoms with Crippen LogP contribution in [0, 0.1) is 11.2 Å². The molecular weight excluding hydrogens is 586 g/mol. The van der Waals surface area contributed by atoms with Crippen molar-refractivity contribution in [2.75, 3.05) is 6.54 Å². The Morgan fingerprint density at radius 2 is 1.54 bits per heavy atom. The van der Waals surface area contributed by atoms with Gasteiger partial charge in [0.25, 0.3) is 5.91 Å². The molecule has 41 heavy (non-hydrogen) atoms. The molecule has 0 aromatic heterocycles. The molecule has 1 saturated heterocycles. The molecule has 2 aliphatic rings. The third-order valence-electron chi connectivity index (χ3n) is 8.01. The Morgan fingerprint density at radius 1 is 0.976 bits per heavy atom. The van der Waals surface area contributed by atoms with Crippen LogP contribution in [0.25, 0.3) is 0 Å². The van der Waals surface area contributed by atoms with E-state index in [0.717, 1.165) is 30.3 Å². The minimum atomic E-state index is -6.37. The maximum absolute atomic E-state index is 14.9. The molecule has 1 fully saturated rings. The van der Waals surface area contributed by atoms with E-state index in [4.69, 9.17) is 0 Å². The largest absolute Gasteiger partial charge is 0.435 e. The number of aliphatic hydroxyl groups is 1. The monoisotopic (exact) mass is 613 g/mol. The van der Waals surface area contributed by atoms with Crippen LogP contribution < -0.4 is 0 Å². The second-order valence-electron chi connectivity index (χ2n) is 11.5. The van der Waals surface area contributed by atoms with Gasteiger partial charge in [0.05, 0.1) is 10.9 Å². The number of benzene rings is 2. The zero-order valence-electron chi connectivity index (χ0n) is 22.1. The molecule has 0 radical (unpaired) electrons. The van der Waals surface area contributed by atoms with Crippen molar-refractivity contribution in [1.29, 1.82) is 0 Å². The van der Waals surface area contributed by atoms with E-state index in [1.807, 2.05) is 0 Å². The van der Waals surface area contributed by atoms with E-state index >= 15 is 0 Å². The first-order valence-corrected chi connectivity index (χ1v) is 14.0. The molecule has 14 heteroatoms. The number of rotatable bonds is 4. The number of hydrogen-bond acceptors (Lipinski definition) is 4. The molecule has 226 valence electrons. The second-order valence-corrected chi connectivity index (χ2v) is 13.7. The van der Waals surface area contributed by atoms with Gasteiger partial charge >= 0.3 is 18.0 Å². The van der Waals surface area contributed by atoms with Gasteiger partial charge in [0, 0.05) is 12.1 Å². The van der Waals surface area contributed by atoms with Crippen LogP contribution in [-0.4, -0.2) is 55.4 Å². The number of halogens is 8. The number of aliphatic hydroxyl groups excluding tert-OH is 1. The number of aryl methyl sites for hydroxylation is 1. The molecule has 1 amide bonds. The summed E-state index contributed by atoms with van der Waals surface area (Å²) >= 11 is 0. The van der Waals surface area contributed by atoms with Gasteiger partial charge in [-0.25, -0.2) is 17.2 Å². The molecule has 0 unspecified atom stereocenters. The predicted molar refractivity (Wildman–Crippen MR) is 131 cm³/mol. The van der Waals surface area contributed by atoms with Gasteiger partial charge in [-0.3, -0.25) is 4.79 Å². The third kappa shape index (κ3) is 4.61. The van der Waals surface area contributed by atoms with Crippen LogP contribution in [0.3, 0.4) is 0 Å². The predicted octanol–water partition coefficient (Wildman–Crippen LogP) is 5.74. The molecule has 0 saturated carbocycles. The van der Waals surface area contributed by atoms with Gasteiger partial charge < -0.3 is 10.0 Å². The molecule has 3 atom stereocenters. The van der Waals surface area contributed by atoms with Crippen molar-refractivity contribution in [2.45, 2.75) is 79.8 Å². The summed E-state index contributed by atoms with van der Waals surface area (Å²) in [5, 5.41) is 10.7. The first kappa shape index (κ1) is 31.2. The molecule has 2 aromatic carbocycles. The molecule has 0 spiro atoms. The molecule has 2 aromatic rings. The number of alkyl halides is 7. The Hall–Kier alpha value is -2.74. The van der Waals surface area contributed by atoms with Crippen LogP contribution in [0.15, 0.2) is 47.4 Å². The summed E-state index contributed by atoms with van der Waals surface area (Å²) in [5.41, 5.74) is -8.86. The van der Waals surface area contributed by atoms with Crippen molar-refractivity contribution < 1.29 is 53.4 Å². The molecule has 0 bridgehead atoms. The second kappa shape index (κ2) is 9.65.